The van der Waals surface area contributed by atoms with Crippen LogP contribution in [-0.2, 0) is 27.2 Å². The number of hydrogen-bond donors (Lipinski definition) is 1. The van der Waals surface area contributed by atoms with Crippen molar-refractivity contribution in [1.29, 1.82) is 0 Å². The number of aromatic amines is 1. The molecule has 9 heteroatoms. The van der Waals surface area contributed by atoms with Crippen molar-refractivity contribution >= 4 is 0 Å². The van der Waals surface area contributed by atoms with Crippen molar-refractivity contribution in [1.82, 2.24) is 35.4 Å². The van der Waals surface area contributed by atoms with E-state index in [-0.39, 0.29) is 5.41 Å². The number of ether oxygens (including phenoxy) is 2. The number of H-pyrrole nitrogens is 1. The highest BCUT2D eigenvalue weighted by Gasteiger charge is 2.37. The molecule has 1 N–H and O–H groups in total. The number of aromatic nitrogens is 7. The van der Waals surface area contributed by atoms with Crippen LogP contribution in [0.2, 0.25) is 0 Å². The Hall–Kier alpha value is -3.43. The van der Waals surface area contributed by atoms with Crippen molar-refractivity contribution in [2.45, 2.75) is 51.9 Å². The van der Waals surface area contributed by atoms with Gasteiger partial charge in [-0.15, -0.1) is 15.3 Å². The lowest BCUT2D eigenvalue weighted by Gasteiger charge is -2.26. The topological polar surface area (TPSA) is 104 Å². The molecule has 0 bridgehead atoms. The predicted octanol–water partition coefficient (Wildman–Crippen LogP) is 4.33. The number of hydrogen-bond acceptors (Lipinski definition) is 7. The van der Waals surface area contributed by atoms with Crippen LogP contribution >= 0.6 is 0 Å². The number of methoxy groups -OCH3 is 2. The molecule has 0 radical (unpaired) electrons. The zero-order chi connectivity index (χ0) is 24.3. The van der Waals surface area contributed by atoms with Crippen molar-refractivity contribution in [2.75, 3.05) is 14.2 Å². The van der Waals surface area contributed by atoms with Crippen molar-refractivity contribution < 1.29 is 9.47 Å². The van der Waals surface area contributed by atoms with Crippen LogP contribution in [0.5, 0.6) is 0 Å². The molecule has 9 nitrogen and oxygen atoms in total. The molecular weight excluding hydrogens is 430 g/mol. The van der Waals surface area contributed by atoms with Crippen LogP contribution in [0.25, 0.3) is 22.5 Å². The lowest BCUT2D eigenvalue weighted by atomic mass is 9.95. The maximum Gasteiger partial charge on any atom is 0.231 e. The molecule has 2 heterocycles. The van der Waals surface area contributed by atoms with Gasteiger partial charge in [-0.25, -0.2) is 9.67 Å². The van der Waals surface area contributed by atoms with Crippen LogP contribution in [0.4, 0.5) is 0 Å². The number of benzene rings is 2. The molecule has 0 aliphatic rings. The smallest absolute Gasteiger partial charge is 0.231 e. The van der Waals surface area contributed by atoms with Crippen molar-refractivity contribution in [2.24, 2.45) is 0 Å². The average Bonchev–Trinajstić information content (AvgIpc) is 3.52. The molecule has 0 atom stereocenters. The third kappa shape index (κ3) is 4.49. The molecule has 4 aromatic rings. The van der Waals surface area contributed by atoms with E-state index in [2.05, 4.69) is 71.7 Å². The first-order valence-electron chi connectivity index (χ1n) is 11.3. The van der Waals surface area contributed by atoms with Gasteiger partial charge in [-0.3, -0.25) is 0 Å². The van der Waals surface area contributed by atoms with Gasteiger partial charge in [0.15, 0.2) is 0 Å². The number of tetrazole rings is 1. The minimum absolute atomic E-state index is 0.199. The van der Waals surface area contributed by atoms with Crippen LogP contribution in [0, 0.1) is 0 Å². The summed E-state index contributed by atoms with van der Waals surface area (Å²) in [5.74, 6) is 1.02. The van der Waals surface area contributed by atoms with Crippen LogP contribution in [0.1, 0.15) is 51.3 Å². The van der Waals surface area contributed by atoms with Crippen molar-refractivity contribution in [3.05, 3.63) is 65.7 Å². The Morgan fingerprint density at radius 3 is 2.18 bits per heavy atom. The van der Waals surface area contributed by atoms with E-state index < -0.39 is 5.79 Å². The highest BCUT2D eigenvalue weighted by molar-refractivity contribution is 5.80. The van der Waals surface area contributed by atoms with Gasteiger partial charge in [0.25, 0.3) is 0 Å². The molecule has 2 aromatic carbocycles. The van der Waals surface area contributed by atoms with Crippen molar-refractivity contribution in [3.8, 4) is 22.5 Å². The fourth-order valence-electron chi connectivity index (χ4n) is 4.05. The summed E-state index contributed by atoms with van der Waals surface area (Å²) in [6.07, 6.45) is 0.599. The van der Waals surface area contributed by atoms with Gasteiger partial charge < -0.3 is 9.47 Å². The normalized spacial score (nSPS) is 12.3. The van der Waals surface area contributed by atoms with E-state index in [4.69, 9.17) is 19.6 Å². The minimum Gasteiger partial charge on any atom is -0.347 e. The Labute approximate surface area is 199 Å². The Bertz CT molecular complexity index is 1210. The largest absolute Gasteiger partial charge is 0.347 e. The summed E-state index contributed by atoms with van der Waals surface area (Å²) in [4.78, 5) is 4.85. The zero-order valence-corrected chi connectivity index (χ0v) is 20.5. The highest BCUT2D eigenvalue weighted by atomic mass is 16.7. The van der Waals surface area contributed by atoms with E-state index in [0.717, 1.165) is 28.1 Å². The maximum atomic E-state index is 5.68. The molecule has 0 spiro atoms. The predicted molar refractivity (Wildman–Crippen MR) is 129 cm³/mol. The molecule has 0 saturated heterocycles. The van der Waals surface area contributed by atoms with E-state index >= 15 is 0 Å². The second-order valence-corrected chi connectivity index (χ2v) is 9.16. The van der Waals surface area contributed by atoms with Crippen LogP contribution in [-0.4, -0.2) is 49.6 Å². The van der Waals surface area contributed by atoms with Gasteiger partial charge >= 0.3 is 0 Å². The summed E-state index contributed by atoms with van der Waals surface area (Å²) >= 11 is 0. The molecule has 4 rings (SSSR count). The Morgan fingerprint density at radius 1 is 0.941 bits per heavy atom. The number of nitrogens with one attached hydrogen (secondary N) is 1. The SMILES string of the molecule is CCC(OC)(OC)c1nc(C(C)(C)C)n(Cc2ccc(-c3ccccc3-c3nn[nH]n3)cc2)n1. The molecule has 0 unspecified atom stereocenters. The van der Waals surface area contributed by atoms with Gasteiger partial charge in [-0.05, 0) is 21.9 Å². The minimum atomic E-state index is -0.964. The van der Waals surface area contributed by atoms with Gasteiger partial charge in [0.05, 0.1) is 6.54 Å². The zero-order valence-electron chi connectivity index (χ0n) is 20.5. The van der Waals surface area contributed by atoms with Crippen LogP contribution < -0.4 is 0 Å². The first-order valence-corrected chi connectivity index (χ1v) is 11.3. The first kappa shape index (κ1) is 23.7. The maximum absolute atomic E-state index is 5.68. The summed E-state index contributed by atoms with van der Waals surface area (Å²) < 4.78 is 13.3. The summed E-state index contributed by atoms with van der Waals surface area (Å²) in [6, 6.07) is 16.4. The van der Waals surface area contributed by atoms with Crippen molar-refractivity contribution in [3.63, 3.8) is 0 Å². The van der Waals surface area contributed by atoms with Gasteiger partial charge in [0.1, 0.15) is 5.82 Å². The molecule has 34 heavy (non-hydrogen) atoms. The van der Waals surface area contributed by atoms with Gasteiger partial charge in [-0.2, -0.15) is 5.21 Å². The van der Waals surface area contributed by atoms with Gasteiger partial charge in [-0.1, -0.05) is 76.2 Å². The third-order valence-corrected chi connectivity index (χ3v) is 5.92. The number of rotatable bonds is 8. The van der Waals surface area contributed by atoms with E-state index in [9.17, 15) is 0 Å². The second kappa shape index (κ2) is 9.44. The molecule has 0 amide bonds. The van der Waals surface area contributed by atoms with Gasteiger partial charge in [0, 0.05) is 31.6 Å². The molecule has 0 aliphatic heterocycles. The Kier molecular flexibility index (Phi) is 6.58. The fraction of sp³-hybridized carbons (Fsp3) is 0.400. The van der Waals surface area contributed by atoms with Crippen LogP contribution in [0.15, 0.2) is 48.5 Å². The van der Waals surface area contributed by atoms with E-state index in [1.807, 2.05) is 29.8 Å². The monoisotopic (exact) mass is 461 g/mol. The van der Waals surface area contributed by atoms with E-state index in [1.165, 1.54) is 0 Å². The molecule has 178 valence electrons. The lowest BCUT2D eigenvalue weighted by Crippen LogP contribution is -2.31. The third-order valence-electron chi connectivity index (χ3n) is 5.92. The molecule has 2 aromatic heterocycles. The Balaban J connectivity index is 1.66. The fourth-order valence-corrected chi connectivity index (χ4v) is 4.05. The summed E-state index contributed by atoms with van der Waals surface area (Å²) in [6.45, 7) is 8.96. The summed E-state index contributed by atoms with van der Waals surface area (Å²) in [7, 11) is 3.24. The lowest BCUT2D eigenvalue weighted by molar-refractivity contribution is -0.222. The van der Waals surface area contributed by atoms with Crippen LogP contribution in [0.3, 0.4) is 0 Å². The van der Waals surface area contributed by atoms with E-state index in [0.29, 0.717) is 24.6 Å². The Morgan fingerprint density at radius 2 is 1.62 bits per heavy atom. The number of nitrogens with zero attached hydrogens (tertiary/aromatic N) is 6. The first-order chi connectivity index (χ1) is 16.3. The molecule has 0 fully saturated rings. The quantitative estimate of drug-likeness (QED) is 0.390. The summed E-state index contributed by atoms with van der Waals surface area (Å²) in [5.41, 5.74) is 3.95. The molecule has 0 saturated carbocycles. The molecular formula is C25H31N7O2. The summed E-state index contributed by atoms with van der Waals surface area (Å²) in [5, 5.41) is 19.3. The highest BCUT2D eigenvalue weighted by Crippen LogP contribution is 2.32. The second-order valence-electron chi connectivity index (χ2n) is 9.16. The van der Waals surface area contributed by atoms with Gasteiger partial charge in [0.2, 0.25) is 17.4 Å². The standard InChI is InChI=1S/C25H31N7O2/c1-7-25(33-5,34-6)22-26-23(24(2,3)4)32(29-22)16-17-12-14-18(15-13-17)19-10-8-9-11-20(19)21-27-30-31-28-21/h8-15H,7,16H2,1-6H3,(H,27,28,30,31). The molecule has 0 aliphatic carbocycles. The average molecular weight is 462 g/mol. The van der Waals surface area contributed by atoms with E-state index in [1.54, 1.807) is 14.2 Å².